The summed E-state index contributed by atoms with van der Waals surface area (Å²) in [5, 5.41) is 12.3. The van der Waals surface area contributed by atoms with Crippen LogP contribution in [-0.2, 0) is 17.7 Å². The van der Waals surface area contributed by atoms with Gasteiger partial charge in [-0.05, 0) is 31.6 Å². The summed E-state index contributed by atoms with van der Waals surface area (Å²) in [6, 6.07) is 0.498. The minimum absolute atomic E-state index is 0.192. The fraction of sp³-hybridized carbons (Fsp3) is 0.643. The maximum absolute atomic E-state index is 5.65. The Balaban J connectivity index is 1.32. The third kappa shape index (κ3) is 3.24. The predicted molar refractivity (Wildman–Crippen MR) is 78.1 cm³/mol. The van der Waals surface area contributed by atoms with Gasteiger partial charge in [-0.1, -0.05) is 5.10 Å². The first-order valence-corrected chi connectivity index (χ1v) is 8.31. The molecule has 1 aliphatic heterocycles. The van der Waals surface area contributed by atoms with Crippen LogP contribution in [0.4, 0.5) is 6.01 Å². The van der Waals surface area contributed by atoms with Crippen LogP contribution in [0.1, 0.15) is 47.6 Å². The zero-order chi connectivity index (χ0) is 14.1. The second-order valence-electron chi connectivity index (χ2n) is 5.67. The summed E-state index contributed by atoms with van der Waals surface area (Å²) in [5.74, 6) is 1.50. The molecular formula is C14H18N4O2S. The van der Waals surface area contributed by atoms with Crippen LogP contribution >= 0.6 is 11.3 Å². The van der Waals surface area contributed by atoms with Crippen molar-refractivity contribution in [2.45, 2.75) is 44.8 Å². The summed E-state index contributed by atoms with van der Waals surface area (Å²) in [5.41, 5.74) is 0. The molecule has 0 unspecified atom stereocenters. The van der Waals surface area contributed by atoms with Crippen molar-refractivity contribution in [2.24, 2.45) is 5.92 Å². The molecular weight excluding hydrogens is 288 g/mol. The third-order valence-electron chi connectivity index (χ3n) is 3.82. The van der Waals surface area contributed by atoms with E-state index in [2.05, 4.69) is 20.5 Å². The summed E-state index contributed by atoms with van der Waals surface area (Å²) in [7, 11) is 0. The molecule has 2 aliphatic rings. The normalized spacial score (nSPS) is 21.8. The number of nitrogens with one attached hydrogen (secondary N) is 1. The Kier molecular flexibility index (Phi) is 3.60. The van der Waals surface area contributed by atoms with Crippen molar-refractivity contribution in [3.63, 3.8) is 0 Å². The lowest BCUT2D eigenvalue weighted by atomic mass is 10.2. The highest BCUT2D eigenvalue weighted by Crippen LogP contribution is 2.33. The lowest BCUT2D eigenvalue weighted by Gasteiger charge is -2.03. The maximum Gasteiger partial charge on any atom is 0.315 e. The molecule has 4 rings (SSSR count). The Bertz CT molecular complexity index is 602. The van der Waals surface area contributed by atoms with Crippen LogP contribution in [0.25, 0.3) is 0 Å². The number of thiazole rings is 1. The van der Waals surface area contributed by atoms with Crippen molar-refractivity contribution in [3.05, 3.63) is 22.0 Å². The Morgan fingerprint density at radius 2 is 2.24 bits per heavy atom. The number of anilines is 1. The number of hydrogen-bond acceptors (Lipinski definition) is 7. The average Bonchev–Trinajstić information content (AvgIpc) is 2.94. The van der Waals surface area contributed by atoms with Crippen molar-refractivity contribution in [3.8, 4) is 0 Å². The summed E-state index contributed by atoms with van der Waals surface area (Å²) in [6.45, 7) is 1.51. The Morgan fingerprint density at radius 1 is 1.29 bits per heavy atom. The zero-order valence-electron chi connectivity index (χ0n) is 11.7. The number of nitrogens with zero attached hydrogens (tertiary/aromatic N) is 3. The molecule has 1 saturated carbocycles. The molecule has 2 aromatic heterocycles. The predicted octanol–water partition coefficient (Wildman–Crippen LogP) is 2.94. The molecule has 112 valence electrons. The molecule has 1 aliphatic carbocycles. The molecule has 2 fully saturated rings. The molecule has 1 atom stereocenters. The molecule has 0 amide bonds. The van der Waals surface area contributed by atoms with E-state index in [1.54, 1.807) is 11.3 Å². The van der Waals surface area contributed by atoms with Crippen molar-refractivity contribution >= 4 is 17.4 Å². The van der Waals surface area contributed by atoms with Gasteiger partial charge < -0.3 is 14.5 Å². The number of rotatable bonds is 6. The van der Waals surface area contributed by atoms with E-state index in [1.807, 2.05) is 6.20 Å². The average molecular weight is 306 g/mol. The Morgan fingerprint density at radius 3 is 3.05 bits per heavy atom. The first-order chi connectivity index (χ1) is 10.4. The smallest absolute Gasteiger partial charge is 0.315 e. The first-order valence-electron chi connectivity index (χ1n) is 7.49. The molecule has 21 heavy (non-hydrogen) atoms. The van der Waals surface area contributed by atoms with E-state index in [0.717, 1.165) is 47.6 Å². The highest BCUT2D eigenvalue weighted by Gasteiger charge is 2.24. The van der Waals surface area contributed by atoms with Gasteiger partial charge in [0.2, 0.25) is 5.89 Å². The molecule has 7 heteroatoms. The van der Waals surface area contributed by atoms with E-state index in [0.29, 0.717) is 12.6 Å². The van der Waals surface area contributed by atoms with Crippen LogP contribution in [0, 0.1) is 5.92 Å². The monoisotopic (exact) mass is 306 g/mol. The largest absolute Gasteiger partial charge is 0.408 e. The quantitative estimate of drug-likeness (QED) is 0.884. The Labute approximate surface area is 126 Å². The van der Waals surface area contributed by atoms with Gasteiger partial charge >= 0.3 is 6.01 Å². The van der Waals surface area contributed by atoms with E-state index in [9.17, 15) is 0 Å². The second kappa shape index (κ2) is 5.73. The third-order valence-corrected chi connectivity index (χ3v) is 4.91. The fourth-order valence-corrected chi connectivity index (χ4v) is 3.41. The van der Waals surface area contributed by atoms with Crippen LogP contribution in [0.5, 0.6) is 0 Å². The van der Waals surface area contributed by atoms with Crippen LogP contribution < -0.4 is 5.32 Å². The van der Waals surface area contributed by atoms with Gasteiger partial charge in [0.15, 0.2) is 0 Å². The van der Waals surface area contributed by atoms with Gasteiger partial charge in [0, 0.05) is 24.1 Å². The van der Waals surface area contributed by atoms with Gasteiger partial charge in [0.05, 0.1) is 6.54 Å². The van der Waals surface area contributed by atoms with Gasteiger partial charge in [-0.2, -0.15) is 0 Å². The van der Waals surface area contributed by atoms with E-state index >= 15 is 0 Å². The van der Waals surface area contributed by atoms with Crippen LogP contribution in [-0.4, -0.2) is 21.8 Å². The van der Waals surface area contributed by atoms with Crippen molar-refractivity contribution in [2.75, 3.05) is 11.9 Å². The highest BCUT2D eigenvalue weighted by molar-refractivity contribution is 7.11. The number of hydrogen-bond donors (Lipinski definition) is 1. The van der Waals surface area contributed by atoms with Gasteiger partial charge in [-0.3, -0.25) is 0 Å². The summed E-state index contributed by atoms with van der Waals surface area (Å²) < 4.78 is 11.2. The molecule has 2 aromatic rings. The van der Waals surface area contributed by atoms with Gasteiger partial charge in [-0.25, -0.2) is 4.98 Å². The van der Waals surface area contributed by atoms with Gasteiger partial charge in [0.1, 0.15) is 11.1 Å². The fourth-order valence-electron chi connectivity index (χ4n) is 2.46. The van der Waals surface area contributed by atoms with Crippen LogP contribution in [0.3, 0.4) is 0 Å². The zero-order valence-corrected chi connectivity index (χ0v) is 12.6. The minimum atomic E-state index is 0.192. The molecule has 6 nitrogen and oxygen atoms in total. The summed E-state index contributed by atoms with van der Waals surface area (Å²) in [6.07, 6.45) is 7.79. The maximum atomic E-state index is 5.65. The van der Waals surface area contributed by atoms with Crippen molar-refractivity contribution in [1.29, 1.82) is 0 Å². The van der Waals surface area contributed by atoms with E-state index in [4.69, 9.17) is 9.15 Å². The van der Waals surface area contributed by atoms with Gasteiger partial charge in [-0.15, -0.1) is 16.4 Å². The van der Waals surface area contributed by atoms with Crippen LogP contribution in [0.2, 0.25) is 0 Å². The highest BCUT2D eigenvalue weighted by atomic mass is 32.1. The second-order valence-corrected chi connectivity index (χ2v) is 6.82. The van der Waals surface area contributed by atoms with Gasteiger partial charge in [0.25, 0.3) is 0 Å². The molecule has 0 radical (unpaired) electrons. The minimum Gasteiger partial charge on any atom is -0.408 e. The topological polar surface area (TPSA) is 73.1 Å². The molecule has 3 heterocycles. The standard InChI is InChI=1S/C14H18N4O2S/c1-2-11(19-5-1)13-15-7-10(21-13)8-16-14-18-17-12(20-14)6-9-3-4-9/h7,9,11H,1-6,8H2,(H,16,18)/t11-/m0/s1. The molecule has 0 aromatic carbocycles. The molecule has 1 saturated heterocycles. The molecule has 0 spiro atoms. The first kappa shape index (κ1) is 13.2. The number of aromatic nitrogens is 3. The molecule has 0 bridgehead atoms. The van der Waals surface area contributed by atoms with Crippen molar-refractivity contribution < 1.29 is 9.15 Å². The van der Waals surface area contributed by atoms with E-state index in [-0.39, 0.29) is 6.10 Å². The Hall–Kier alpha value is -1.47. The summed E-state index contributed by atoms with van der Waals surface area (Å²) >= 11 is 1.69. The SMILES string of the molecule is c1nc([C@@H]2CCCO2)sc1CNc1nnc(CC2CC2)o1. The van der Waals surface area contributed by atoms with Crippen LogP contribution in [0.15, 0.2) is 10.6 Å². The van der Waals surface area contributed by atoms with E-state index in [1.165, 1.54) is 12.8 Å². The lowest BCUT2D eigenvalue weighted by Crippen LogP contribution is -1.97. The molecule has 1 N–H and O–H groups in total. The number of ether oxygens (including phenoxy) is 1. The summed E-state index contributed by atoms with van der Waals surface area (Å²) in [4.78, 5) is 5.61. The van der Waals surface area contributed by atoms with E-state index < -0.39 is 0 Å². The lowest BCUT2D eigenvalue weighted by molar-refractivity contribution is 0.111. The van der Waals surface area contributed by atoms with Crippen molar-refractivity contribution in [1.82, 2.24) is 15.2 Å².